The van der Waals surface area contributed by atoms with Crippen LogP contribution in [0.15, 0.2) is 30.3 Å². The predicted octanol–water partition coefficient (Wildman–Crippen LogP) is 1.77. The van der Waals surface area contributed by atoms with E-state index < -0.39 is 6.09 Å². The van der Waals surface area contributed by atoms with Gasteiger partial charge in [-0.25, -0.2) is 4.79 Å². The van der Waals surface area contributed by atoms with E-state index in [1.807, 2.05) is 30.3 Å². The minimum Gasteiger partial charge on any atom is -0.465 e. The van der Waals surface area contributed by atoms with Crippen molar-refractivity contribution in [3.8, 4) is 0 Å². The van der Waals surface area contributed by atoms with E-state index in [1.165, 1.54) is 4.90 Å². The van der Waals surface area contributed by atoms with Crippen LogP contribution < -0.4 is 0 Å². The second-order valence-electron chi connectivity index (χ2n) is 3.62. The monoisotopic (exact) mass is 239 g/mol. The maximum Gasteiger partial charge on any atom is 0.408 e. The van der Waals surface area contributed by atoms with Crippen LogP contribution in [-0.2, 0) is 0 Å². The normalized spacial score (nSPS) is 24.7. The third kappa shape index (κ3) is 2.01. The fourth-order valence-corrected chi connectivity index (χ4v) is 3.27. The van der Waals surface area contributed by atoms with Crippen molar-refractivity contribution < 1.29 is 15.0 Å². The van der Waals surface area contributed by atoms with Gasteiger partial charge in [-0.05, 0) is 5.56 Å². The van der Waals surface area contributed by atoms with Crippen molar-refractivity contribution in [1.82, 2.24) is 4.90 Å². The Balaban J connectivity index is 2.25. The number of aliphatic hydroxyl groups is 1. The van der Waals surface area contributed by atoms with E-state index in [2.05, 4.69) is 0 Å². The van der Waals surface area contributed by atoms with Crippen LogP contribution in [0.25, 0.3) is 0 Å². The number of carbonyl (C=O) groups is 1. The van der Waals surface area contributed by atoms with E-state index in [4.69, 9.17) is 10.2 Å². The third-order valence-corrected chi connectivity index (χ3v) is 4.00. The summed E-state index contributed by atoms with van der Waals surface area (Å²) in [7, 11) is 0. The molecule has 1 fully saturated rings. The fourth-order valence-electron chi connectivity index (χ4n) is 1.83. The zero-order valence-electron chi connectivity index (χ0n) is 8.61. The Morgan fingerprint density at radius 1 is 1.44 bits per heavy atom. The number of hydrogen-bond donors (Lipinski definition) is 2. The van der Waals surface area contributed by atoms with Crippen LogP contribution in [0.4, 0.5) is 4.79 Å². The van der Waals surface area contributed by atoms with Crippen LogP contribution in [0, 0.1) is 0 Å². The summed E-state index contributed by atoms with van der Waals surface area (Å²) in [4.78, 5) is 12.5. The quantitative estimate of drug-likeness (QED) is 0.825. The molecule has 1 aliphatic heterocycles. The van der Waals surface area contributed by atoms with Crippen LogP contribution >= 0.6 is 11.8 Å². The Morgan fingerprint density at radius 3 is 2.69 bits per heavy atom. The smallest absolute Gasteiger partial charge is 0.408 e. The average molecular weight is 239 g/mol. The lowest BCUT2D eigenvalue weighted by Crippen LogP contribution is -2.39. The van der Waals surface area contributed by atoms with E-state index >= 15 is 0 Å². The molecule has 0 radical (unpaired) electrons. The molecule has 0 bridgehead atoms. The molecule has 0 saturated carbocycles. The zero-order chi connectivity index (χ0) is 11.5. The molecule has 1 heterocycles. The number of benzene rings is 1. The first-order valence-electron chi connectivity index (χ1n) is 5.02. The topological polar surface area (TPSA) is 60.8 Å². The first-order valence-corrected chi connectivity index (χ1v) is 6.07. The molecule has 1 aromatic rings. The molecule has 2 N–H and O–H groups in total. The second kappa shape index (κ2) is 4.76. The number of amides is 1. The second-order valence-corrected chi connectivity index (χ2v) is 4.74. The summed E-state index contributed by atoms with van der Waals surface area (Å²) in [5, 5.41) is 18.1. The molecule has 2 atom stereocenters. The molecule has 2 rings (SSSR count). The highest BCUT2D eigenvalue weighted by Gasteiger charge is 2.37. The molecule has 0 aliphatic carbocycles. The van der Waals surface area contributed by atoms with Gasteiger partial charge in [0.05, 0.1) is 12.6 Å². The highest BCUT2D eigenvalue weighted by Crippen LogP contribution is 2.40. The van der Waals surface area contributed by atoms with E-state index in [1.54, 1.807) is 11.8 Å². The van der Waals surface area contributed by atoms with Crippen molar-refractivity contribution in [2.45, 2.75) is 11.4 Å². The summed E-state index contributed by atoms with van der Waals surface area (Å²) in [5.74, 6) is 0.641. The minimum absolute atomic E-state index is 0.122. The van der Waals surface area contributed by atoms with Gasteiger partial charge in [0.15, 0.2) is 0 Å². The molecule has 16 heavy (non-hydrogen) atoms. The van der Waals surface area contributed by atoms with Gasteiger partial charge in [0.25, 0.3) is 0 Å². The summed E-state index contributed by atoms with van der Waals surface area (Å²) in [6, 6.07) is 9.20. The maximum atomic E-state index is 11.2. The standard InChI is InChI=1S/C11H13NO3S/c13-6-9-7-16-10(12(9)11(14)15)8-4-2-1-3-5-8/h1-5,9-10,13H,6-7H2,(H,14,15). The first-order chi connectivity index (χ1) is 7.74. The van der Waals surface area contributed by atoms with Crippen LogP contribution in [0.2, 0.25) is 0 Å². The highest BCUT2D eigenvalue weighted by atomic mass is 32.2. The molecule has 0 spiro atoms. The lowest BCUT2D eigenvalue weighted by Gasteiger charge is -2.25. The summed E-state index contributed by atoms with van der Waals surface area (Å²) < 4.78 is 0. The van der Waals surface area contributed by atoms with Gasteiger partial charge >= 0.3 is 6.09 Å². The van der Waals surface area contributed by atoms with Crippen molar-refractivity contribution in [2.24, 2.45) is 0 Å². The molecule has 2 unspecified atom stereocenters. The van der Waals surface area contributed by atoms with Gasteiger partial charge in [0, 0.05) is 5.75 Å². The number of aliphatic hydroxyl groups excluding tert-OH is 1. The van der Waals surface area contributed by atoms with Crippen molar-refractivity contribution in [2.75, 3.05) is 12.4 Å². The molecule has 0 aromatic heterocycles. The molecule has 5 heteroatoms. The molecule has 4 nitrogen and oxygen atoms in total. The number of thioether (sulfide) groups is 1. The average Bonchev–Trinajstić information content (AvgIpc) is 2.73. The summed E-state index contributed by atoms with van der Waals surface area (Å²) in [5.41, 5.74) is 0.964. The third-order valence-electron chi connectivity index (χ3n) is 2.61. The Labute approximate surface area is 97.9 Å². The van der Waals surface area contributed by atoms with E-state index in [9.17, 15) is 4.79 Å². The fraction of sp³-hybridized carbons (Fsp3) is 0.364. The minimum atomic E-state index is -0.974. The lowest BCUT2D eigenvalue weighted by molar-refractivity contribution is 0.106. The van der Waals surface area contributed by atoms with Crippen molar-refractivity contribution >= 4 is 17.9 Å². The lowest BCUT2D eigenvalue weighted by atomic mass is 10.2. The van der Waals surface area contributed by atoms with Gasteiger partial charge in [-0.1, -0.05) is 30.3 Å². The number of nitrogens with zero attached hydrogens (tertiary/aromatic N) is 1. The van der Waals surface area contributed by atoms with Gasteiger partial charge < -0.3 is 10.2 Å². The Kier molecular flexibility index (Phi) is 3.36. The Hall–Kier alpha value is -1.20. The molecule has 1 aromatic carbocycles. The van der Waals surface area contributed by atoms with Gasteiger partial charge in [0.2, 0.25) is 0 Å². The van der Waals surface area contributed by atoms with Gasteiger partial charge in [-0.3, -0.25) is 4.90 Å². The van der Waals surface area contributed by atoms with E-state index in [-0.39, 0.29) is 18.0 Å². The Morgan fingerprint density at radius 2 is 2.12 bits per heavy atom. The number of hydrogen-bond acceptors (Lipinski definition) is 3. The maximum absolute atomic E-state index is 11.2. The van der Waals surface area contributed by atoms with Crippen LogP contribution in [-0.4, -0.2) is 39.6 Å². The van der Waals surface area contributed by atoms with Crippen molar-refractivity contribution in [3.05, 3.63) is 35.9 Å². The molecule has 1 saturated heterocycles. The van der Waals surface area contributed by atoms with Gasteiger partial charge in [-0.2, -0.15) is 0 Å². The van der Waals surface area contributed by atoms with Crippen LogP contribution in [0.1, 0.15) is 10.9 Å². The summed E-state index contributed by atoms with van der Waals surface area (Å²) in [6.45, 7) is -0.122. The number of carboxylic acid groups (broad SMARTS) is 1. The summed E-state index contributed by atoms with van der Waals surface area (Å²) in [6.07, 6.45) is -0.974. The number of rotatable bonds is 2. The molecule has 1 amide bonds. The summed E-state index contributed by atoms with van der Waals surface area (Å²) >= 11 is 1.55. The SMILES string of the molecule is O=C(O)N1C(CO)CSC1c1ccccc1. The zero-order valence-corrected chi connectivity index (χ0v) is 9.43. The van der Waals surface area contributed by atoms with Crippen molar-refractivity contribution in [3.63, 3.8) is 0 Å². The van der Waals surface area contributed by atoms with Crippen LogP contribution in [0.3, 0.4) is 0 Å². The highest BCUT2D eigenvalue weighted by molar-refractivity contribution is 7.99. The Bertz CT molecular complexity index is 371. The largest absolute Gasteiger partial charge is 0.465 e. The molecule has 86 valence electrons. The van der Waals surface area contributed by atoms with E-state index in [0.29, 0.717) is 5.75 Å². The molecular weight excluding hydrogens is 226 g/mol. The molecular formula is C11H13NO3S. The first kappa shape index (κ1) is 11.3. The van der Waals surface area contributed by atoms with E-state index in [0.717, 1.165) is 5.56 Å². The van der Waals surface area contributed by atoms with Gasteiger partial charge in [-0.15, -0.1) is 11.8 Å². The van der Waals surface area contributed by atoms with Crippen molar-refractivity contribution in [1.29, 1.82) is 0 Å². The van der Waals surface area contributed by atoms with Crippen LogP contribution in [0.5, 0.6) is 0 Å². The molecule has 1 aliphatic rings. The van der Waals surface area contributed by atoms with Gasteiger partial charge in [0.1, 0.15) is 5.37 Å². The predicted molar refractivity (Wildman–Crippen MR) is 62.4 cm³/mol.